The lowest BCUT2D eigenvalue weighted by molar-refractivity contribution is -0.0498. The molecule has 0 saturated carbocycles. The monoisotopic (exact) mass is 402 g/mol. The van der Waals surface area contributed by atoms with Gasteiger partial charge in [0.15, 0.2) is 5.82 Å². The molecule has 11 heteroatoms. The zero-order chi connectivity index (χ0) is 19.3. The van der Waals surface area contributed by atoms with E-state index in [9.17, 15) is 8.78 Å². The molecule has 0 aliphatic rings. The van der Waals surface area contributed by atoms with E-state index in [-0.39, 0.29) is 5.75 Å². The third-order valence-corrected chi connectivity index (χ3v) is 4.41. The molecule has 4 rings (SSSR count). The summed E-state index contributed by atoms with van der Waals surface area (Å²) in [6, 6.07) is 15.4. The van der Waals surface area contributed by atoms with Gasteiger partial charge < -0.3 is 9.15 Å². The van der Waals surface area contributed by atoms with Crippen molar-refractivity contribution in [1.29, 1.82) is 0 Å². The quantitative estimate of drug-likeness (QED) is 0.433. The van der Waals surface area contributed by atoms with Gasteiger partial charge in [-0.15, -0.1) is 15.3 Å². The first-order chi connectivity index (χ1) is 13.7. The van der Waals surface area contributed by atoms with E-state index in [1.165, 1.54) is 28.6 Å². The van der Waals surface area contributed by atoms with Crippen molar-refractivity contribution in [1.82, 2.24) is 30.4 Å². The molecule has 0 fully saturated rings. The predicted molar refractivity (Wildman–Crippen MR) is 95.1 cm³/mol. The van der Waals surface area contributed by atoms with Crippen LogP contribution < -0.4 is 4.74 Å². The molecule has 0 atom stereocenters. The Morgan fingerprint density at radius 3 is 2.54 bits per heavy atom. The zero-order valence-electron chi connectivity index (χ0n) is 14.1. The van der Waals surface area contributed by atoms with E-state index in [1.54, 1.807) is 12.1 Å². The van der Waals surface area contributed by atoms with E-state index < -0.39 is 6.61 Å². The van der Waals surface area contributed by atoms with E-state index in [2.05, 4.69) is 30.5 Å². The highest BCUT2D eigenvalue weighted by Gasteiger charge is 2.13. The molecule has 2 aromatic heterocycles. The van der Waals surface area contributed by atoms with Crippen LogP contribution in [0, 0.1) is 0 Å². The SMILES string of the molecule is FC(F)Oc1ccc(-n2nnnc2CSc2nnc(-c3ccccc3)o2)cc1. The van der Waals surface area contributed by atoms with Crippen LogP contribution in [0.15, 0.2) is 64.2 Å². The number of alkyl halides is 2. The lowest BCUT2D eigenvalue weighted by Gasteiger charge is -2.06. The van der Waals surface area contributed by atoms with Gasteiger partial charge in [0, 0.05) is 5.56 Å². The fourth-order valence-electron chi connectivity index (χ4n) is 2.36. The lowest BCUT2D eigenvalue weighted by atomic mass is 10.2. The first-order valence-electron chi connectivity index (χ1n) is 8.03. The second-order valence-corrected chi connectivity index (χ2v) is 6.33. The maximum absolute atomic E-state index is 12.2. The Kier molecular flexibility index (Phi) is 5.24. The molecule has 2 heterocycles. The van der Waals surface area contributed by atoms with Gasteiger partial charge in [0.1, 0.15) is 5.75 Å². The van der Waals surface area contributed by atoms with Gasteiger partial charge in [0.2, 0.25) is 5.89 Å². The van der Waals surface area contributed by atoms with Gasteiger partial charge in [0.25, 0.3) is 5.22 Å². The van der Waals surface area contributed by atoms with Gasteiger partial charge in [0.05, 0.1) is 11.4 Å². The number of benzene rings is 2. The number of hydrogen-bond donors (Lipinski definition) is 0. The highest BCUT2D eigenvalue weighted by atomic mass is 32.2. The van der Waals surface area contributed by atoms with Gasteiger partial charge in [-0.2, -0.15) is 13.5 Å². The minimum absolute atomic E-state index is 0.0575. The molecule has 8 nitrogen and oxygen atoms in total. The summed E-state index contributed by atoms with van der Waals surface area (Å²) in [4.78, 5) is 0. The van der Waals surface area contributed by atoms with Crippen molar-refractivity contribution in [2.45, 2.75) is 17.6 Å². The Hall–Kier alpha value is -3.34. The summed E-state index contributed by atoms with van der Waals surface area (Å²) in [5, 5.41) is 20.0. The van der Waals surface area contributed by atoms with Crippen LogP contribution in [0.25, 0.3) is 17.1 Å². The zero-order valence-corrected chi connectivity index (χ0v) is 15.0. The fraction of sp³-hybridized carbons (Fsp3) is 0.118. The molecule has 0 amide bonds. The summed E-state index contributed by atoms with van der Waals surface area (Å²) >= 11 is 1.29. The summed E-state index contributed by atoms with van der Waals surface area (Å²) in [6.45, 7) is -2.87. The molecule has 28 heavy (non-hydrogen) atoms. The molecule has 142 valence electrons. The summed E-state index contributed by atoms with van der Waals surface area (Å²) in [7, 11) is 0. The number of aromatic nitrogens is 6. The lowest BCUT2D eigenvalue weighted by Crippen LogP contribution is -2.04. The molecule has 0 radical (unpaired) electrons. The Labute approximate surface area is 161 Å². The van der Waals surface area contributed by atoms with Crippen LogP contribution in [0.1, 0.15) is 5.82 Å². The van der Waals surface area contributed by atoms with Crippen molar-refractivity contribution in [2.75, 3.05) is 0 Å². The summed E-state index contributed by atoms with van der Waals surface area (Å²) in [6.07, 6.45) is 0. The van der Waals surface area contributed by atoms with Crippen molar-refractivity contribution in [3.63, 3.8) is 0 Å². The van der Waals surface area contributed by atoms with Crippen molar-refractivity contribution in [3.8, 4) is 22.9 Å². The van der Waals surface area contributed by atoms with Gasteiger partial charge in [-0.25, -0.2) is 0 Å². The molecule has 0 saturated heterocycles. The maximum atomic E-state index is 12.2. The largest absolute Gasteiger partial charge is 0.435 e. The molecule has 0 aliphatic heterocycles. The van der Waals surface area contributed by atoms with Crippen LogP contribution in [-0.2, 0) is 5.75 Å². The van der Waals surface area contributed by atoms with Crippen LogP contribution in [-0.4, -0.2) is 37.0 Å². The number of hydrogen-bond acceptors (Lipinski definition) is 8. The summed E-state index contributed by atoms with van der Waals surface area (Å²) in [5.74, 6) is 1.39. The first-order valence-corrected chi connectivity index (χ1v) is 9.02. The van der Waals surface area contributed by atoms with Crippen LogP contribution >= 0.6 is 11.8 Å². The highest BCUT2D eigenvalue weighted by Crippen LogP contribution is 2.26. The van der Waals surface area contributed by atoms with Gasteiger partial charge in [-0.05, 0) is 46.8 Å². The minimum Gasteiger partial charge on any atom is -0.435 e. The number of halogens is 2. The normalized spacial score (nSPS) is 11.1. The summed E-state index contributed by atoms with van der Waals surface area (Å²) in [5.41, 5.74) is 1.44. The van der Waals surface area contributed by atoms with Crippen LogP contribution in [0.3, 0.4) is 0 Å². The van der Waals surface area contributed by atoms with Gasteiger partial charge >= 0.3 is 6.61 Å². The van der Waals surface area contributed by atoms with Crippen LogP contribution in [0.2, 0.25) is 0 Å². The Morgan fingerprint density at radius 2 is 1.79 bits per heavy atom. The number of thioether (sulfide) groups is 1. The third-order valence-electron chi connectivity index (χ3n) is 3.59. The highest BCUT2D eigenvalue weighted by molar-refractivity contribution is 7.98. The van der Waals surface area contributed by atoms with Crippen molar-refractivity contribution >= 4 is 11.8 Å². The number of rotatable bonds is 7. The number of tetrazole rings is 1. The smallest absolute Gasteiger partial charge is 0.387 e. The van der Waals surface area contributed by atoms with E-state index in [1.807, 2.05) is 30.3 Å². The Morgan fingerprint density at radius 1 is 1.00 bits per heavy atom. The molecular weight excluding hydrogens is 390 g/mol. The molecule has 0 bridgehead atoms. The van der Waals surface area contributed by atoms with Gasteiger partial charge in [-0.3, -0.25) is 0 Å². The average Bonchev–Trinajstić information content (AvgIpc) is 3.37. The van der Waals surface area contributed by atoms with E-state index >= 15 is 0 Å². The molecule has 0 spiro atoms. The Balaban J connectivity index is 1.44. The standard InChI is InChI=1S/C17H12F2N6O2S/c18-16(19)26-13-8-6-12(7-9-13)25-14(20-23-24-25)10-28-17-22-21-15(27-17)11-4-2-1-3-5-11/h1-9,16H,10H2. The van der Waals surface area contributed by atoms with Gasteiger partial charge in [-0.1, -0.05) is 30.0 Å². The molecule has 0 N–H and O–H groups in total. The third kappa shape index (κ3) is 4.14. The van der Waals surface area contributed by atoms with Crippen molar-refractivity contribution < 1.29 is 17.9 Å². The second-order valence-electron chi connectivity index (χ2n) is 5.41. The maximum Gasteiger partial charge on any atom is 0.387 e. The fourth-order valence-corrected chi connectivity index (χ4v) is 3.03. The number of ether oxygens (including phenoxy) is 1. The molecule has 4 aromatic rings. The number of nitrogens with zero attached hydrogens (tertiary/aromatic N) is 6. The predicted octanol–water partition coefficient (Wildman–Crippen LogP) is 3.61. The van der Waals surface area contributed by atoms with Crippen molar-refractivity contribution in [3.05, 3.63) is 60.4 Å². The molecule has 2 aromatic carbocycles. The van der Waals surface area contributed by atoms with E-state index in [4.69, 9.17) is 4.42 Å². The van der Waals surface area contributed by atoms with Crippen molar-refractivity contribution in [2.24, 2.45) is 0 Å². The van der Waals surface area contributed by atoms with Crippen LogP contribution in [0.4, 0.5) is 8.78 Å². The van der Waals surface area contributed by atoms with E-state index in [0.29, 0.717) is 28.4 Å². The van der Waals surface area contributed by atoms with E-state index in [0.717, 1.165) is 5.56 Å². The molecule has 0 aliphatic carbocycles. The Bertz CT molecular complexity index is 1040. The molecular formula is C17H12F2N6O2S. The summed E-state index contributed by atoms with van der Waals surface area (Å²) < 4.78 is 36.0. The minimum atomic E-state index is -2.87. The second kappa shape index (κ2) is 8.13. The average molecular weight is 402 g/mol. The van der Waals surface area contributed by atoms with Crippen LogP contribution in [0.5, 0.6) is 5.75 Å². The topological polar surface area (TPSA) is 91.8 Å². The first kappa shape index (κ1) is 18.0. The molecule has 0 unspecified atom stereocenters.